The molecule has 2 heteroatoms. The van der Waals surface area contributed by atoms with Crippen LogP contribution in [-0.2, 0) is 5.75 Å². The number of hydrogen-bond acceptors (Lipinski definition) is 2. The molecule has 0 aliphatic rings. The van der Waals surface area contributed by atoms with Crippen LogP contribution in [-0.4, -0.2) is 11.7 Å². The predicted octanol–water partition coefficient (Wildman–Crippen LogP) is 4.02. The molecular weight excluding hydrogens is 264 g/mol. The van der Waals surface area contributed by atoms with E-state index in [1.54, 1.807) is 0 Å². The van der Waals surface area contributed by atoms with Crippen LogP contribution in [0.2, 0.25) is 0 Å². The highest BCUT2D eigenvalue weighted by Crippen LogP contribution is 2.25. The minimum Gasteiger partial charge on any atom is -0.395 e. The van der Waals surface area contributed by atoms with Crippen LogP contribution in [0, 0.1) is 18.8 Å². The zero-order valence-electron chi connectivity index (χ0n) is 11.6. The monoisotopic (exact) mass is 282 g/mol. The van der Waals surface area contributed by atoms with Crippen molar-refractivity contribution in [3.63, 3.8) is 0 Å². The van der Waals surface area contributed by atoms with Gasteiger partial charge in [-0.3, -0.25) is 0 Å². The first-order valence-corrected chi connectivity index (χ1v) is 7.65. The number of aryl methyl sites for hydroxylation is 1. The summed E-state index contributed by atoms with van der Waals surface area (Å²) in [6.07, 6.45) is 0.530. The van der Waals surface area contributed by atoms with E-state index in [1.807, 2.05) is 23.9 Å². The van der Waals surface area contributed by atoms with Crippen molar-refractivity contribution in [1.82, 2.24) is 0 Å². The van der Waals surface area contributed by atoms with Gasteiger partial charge in [-0.25, -0.2) is 0 Å². The van der Waals surface area contributed by atoms with Crippen molar-refractivity contribution >= 4 is 11.8 Å². The van der Waals surface area contributed by atoms with Gasteiger partial charge in [0.25, 0.3) is 0 Å². The van der Waals surface area contributed by atoms with E-state index in [0.29, 0.717) is 6.42 Å². The molecule has 0 amide bonds. The Balaban J connectivity index is 2.02. The molecule has 0 fully saturated rings. The molecule has 0 heterocycles. The Morgan fingerprint density at radius 2 is 1.95 bits per heavy atom. The Morgan fingerprint density at radius 1 is 1.10 bits per heavy atom. The molecule has 0 aliphatic heterocycles. The predicted molar refractivity (Wildman–Crippen MR) is 85.8 cm³/mol. The number of thioether (sulfide) groups is 1. The zero-order valence-corrected chi connectivity index (χ0v) is 12.4. The van der Waals surface area contributed by atoms with Crippen molar-refractivity contribution in [2.75, 3.05) is 6.61 Å². The molecule has 0 atom stereocenters. The van der Waals surface area contributed by atoms with Crippen molar-refractivity contribution in [1.29, 1.82) is 0 Å². The quantitative estimate of drug-likeness (QED) is 0.675. The fraction of sp³-hybridized carbons (Fsp3) is 0.222. The third kappa shape index (κ3) is 4.45. The molecule has 2 aromatic carbocycles. The van der Waals surface area contributed by atoms with Crippen LogP contribution in [0.5, 0.6) is 0 Å². The lowest BCUT2D eigenvalue weighted by molar-refractivity contribution is 0.305. The molecule has 0 spiro atoms. The van der Waals surface area contributed by atoms with Crippen molar-refractivity contribution in [3.05, 3.63) is 65.2 Å². The SMILES string of the molecule is Cc1ccccc1SCc1cccc(C#CCCO)c1. The number of rotatable bonds is 4. The summed E-state index contributed by atoms with van der Waals surface area (Å²) in [5.41, 5.74) is 3.60. The van der Waals surface area contributed by atoms with Gasteiger partial charge in [-0.15, -0.1) is 11.8 Å². The molecule has 0 radical (unpaired) electrons. The van der Waals surface area contributed by atoms with Gasteiger partial charge in [0, 0.05) is 22.6 Å². The first kappa shape index (κ1) is 14.7. The minimum atomic E-state index is 0.121. The molecular formula is C18H18OS. The highest BCUT2D eigenvalue weighted by atomic mass is 32.2. The zero-order chi connectivity index (χ0) is 14.2. The molecule has 0 aromatic heterocycles. The first-order valence-electron chi connectivity index (χ1n) is 6.66. The van der Waals surface area contributed by atoms with Gasteiger partial charge in [-0.05, 0) is 36.2 Å². The summed E-state index contributed by atoms with van der Waals surface area (Å²) < 4.78 is 0. The maximum absolute atomic E-state index is 8.73. The summed E-state index contributed by atoms with van der Waals surface area (Å²) in [7, 11) is 0. The summed E-state index contributed by atoms with van der Waals surface area (Å²) in [6.45, 7) is 2.26. The molecule has 2 rings (SSSR count). The second-order valence-corrected chi connectivity index (χ2v) is 5.55. The van der Waals surface area contributed by atoms with Crippen LogP contribution >= 0.6 is 11.8 Å². The van der Waals surface area contributed by atoms with Crippen LogP contribution < -0.4 is 0 Å². The largest absolute Gasteiger partial charge is 0.395 e. The molecule has 1 N–H and O–H groups in total. The summed E-state index contributed by atoms with van der Waals surface area (Å²) in [6, 6.07) is 16.7. The molecule has 0 bridgehead atoms. The Hall–Kier alpha value is -1.69. The summed E-state index contributed by atoms with van der Waals surface area (Å²) >= 11 is 1.85. The second-order valence-electron chi connectivity index (χ2n) is 4.53. The molecule has 0 saturated heterocycles. The van der Waals surface area contributed by atoms with E-state index in [2.05, 4.69) is 55.2 Å². The van der Waals surface area contributed by atoms with E-state index in [9.17, 15) is 0 Å². The third-order valence-corrected chi connectivity index (χ3v) is 4.13. The maximum Gasteiger partial charge on any atom is 0.0540 e. The third-order valence-electron chi connectivity index (χ3n) is 2.88. The average Bonchev–Trinajstić information content (AvgIpc) is 2.47. The minimum absolute atomic E-state index is 0.121. The molecule has 0 saturated carbocycles. The van der Waals surface area contributed by atoms with Gasteiger partial charge in [-0.2, -0.15) is 0 Å². The van der Waals surface area contributed by atoms with Crippen LogP contribution in [0.25, 0.3) is 0 Å². The highest BCUT2D eigenvalue weighted by molar-refractivity contribution is 7.98. The van der Waals surface area contributed by atoms with Crippen molar-refractivity contribution in [2.24, 2.45) is 0 Å². The lowest BCUT2D eigenvalue weighted by Crippen LogP contribution is -1.85. The Kier molecular flexibility index (Phi) is 5.73. The smallest absolute Gasteiger partial charge is 0.0540 e. The van der Waals surface area contributed by atoms with E-state index >= 15 is 0 Å². The lowest BCUT2D eigenvalue weighted by Gasteiger charge is -2.05. The van der Waals surface area contributed by atoms with Crippen molar-refractivity contribution < 1.29 is 5.11 Å². The molecule has 20 heavy (non-hydrogen) atoms. The van der Waals surface area contributed by atoms with Gasteiger partial charge >= 0.3 is 0 Å². The van der Waals surface area contributed by atoms with Gasteiger partial charge < -0.3 is 5.11 Å². The first-order chi connectivity index (χ1) is 9.79. The molecule has 0 aliphatic carbocycles. The summed E-state index contributed by atoms with van der Waals surface area (Å²) in [5, 5.41) is 8.73. The van der Waals surface area contributed by atoms with Gasteiger partial charge in [0.05, 0.1) is 6.61 Å². The molecule has 0 unspecified atom stereocenters. The molecule has 2 aromatic rings. The van der Waals surface area contributed by atoms with E-state index in [4.69, 9.17) is 5.11 Å². The van der Waals surface area contributed by atoms with Crippen molar-refractivity contribution in [2.45, 2.75) is 24.0 Å². The number of aliphatic hydroxyl groups excluding tert-OH is 1. The van der Waals surface area contributed by atoms with Crippen LogP contribution in [0.3, 0.4) is 0 Å². The summed E-state index contributed by atoms with van der Waals surface area (Å²) in [5.74, 6) is 6.98. The van der Waals surface area contributed by atoms with Crippen LogP contribution in [0.1, 0.15) is 23.1 Å². The Morgan fingerprint density at radius 3 is 2.75 bits per heavy atom. The molecule has 1 nitrogen and oxygen atoms in total. The van der Waals surface area contributed by atoms with Gasteiger partial charge in [0.2, 0.25) is 0 Å². The van der Waals surface area contributed by atoms with Crippen LogP contribution in [0.4, 0.5) is 0 Å². The van der Waals surface area contributed by atoms with E-state index < -0.39 is 0 Å². The Bertz CT molecular complexity index is 623. The fourth-order valence-corrected chi connectivity index (χ4v) is 2.81. The van der Waals surface area contributed by atoms with Gasteiger partial charge in [0.1, 0.15) is 0 Å². The topological polar surface area (TPSA) is 20.2 Å². The normalized spacial score (nSPS) is 9.90. The molecule has 102 valence electrons. The van der Waals surface area contributed by atoms with Crippen molar-refractivity contribution in [3.8, 4) is 11.8 Å². The second kappa shape index (κ2) is 7.79. The van der Waals surface area contributed by atoms with Crippen LogP contribution in [0.15, 0.2) is 53.4 Å². The number of hydrogen-bond donors (Lipinski definition) is 1. The number of aliphatic hydroxyl groups is 1. The fourth-order valence-electron chi connectivity index (χ4n) is 1.84. The lowest BCUT2D eigenvalue weighted by atomic mass is 10.1. The van der Waals surface area contributed by atoms with Gasteiger partial charge in [0.15, 0.2) is 0 Å². The van der Waals surface area contributed by atoms with Gasteiger partial charge in [-0.1, -0.05) is 42.2 Å². The van der Waals surface area contributed by atoms with E-state index in [-0.39, 0.29) is 6.61 Å². The van der Waals surface area contributed by atoms with E-state index in [1.165, 1.54) is 16.0 Å². The van der Waals surface area contributed by atoms with E-state index in [0.717, 1.165) is 11.3 Å². The maximum atomic E-state index is 8.73. The summed E-state index contributed by atoms with van der Waals surface area (Å²) in [4.78, 5) is 1.32. The Labute approximate surface area is 125 Å². The standard InChI is InChI=1S/C18H18OS/c1-15-7-2-3-11-18(15)20-14-17-10-6-9-16(13-17)8-4-5-12-19/h2-3,6-7,9-11,13,19H,5,12,14H2,1H3. The average molecular weight is 282 g/mol. The number of benzene rings is 2. The highest BCUT2D eigenvalue weighted by Gasteiger charge is 1.99.